The number of fused-ring (bicyclic) bond motifs is 1. The Bertz CT molecular complexity index is 1400. The van der Waals surface area contributed by atoms with Gasteiger partial charge in [0.15, 0.2) is 0 Å². The van der Waals surface area contributed by atoms with Crippen molar-refractivity contribution in [3.05, 3.63) is 83.3 Å². The van der Waals surface area contributed by atoms with Gasteiger partial charge in [-0.2, -0.15) is 5.10 Å². The first-order valence-electron chi connectivity index (χ1n) is 12.6. The van der Waals surface area contributed by atoms with Crippen LogP contribution in [0, 0.1) is 11.7 Å². The number of hydrogen-bond acceptors (Lipinski definition) is 6. The quantitative estimate of drug-likeness (QED) is 0.304. The molecule has 2 heterocycles. The Morgan fingerprint density at radius 3 is 2.71 bits per heavy atom. The zero-order chi connectivity index (χ0) is 26.5. The van der Waals surface area contributed by atoms with Crippen molar-refractivity contribution in [2.24, 2.45) is 5.92 Å². The van der Waals surface area contributed by atoms with Gasteiger partial charge in [0, 0.05) is 17.8 Å². The summed E-state index contributed by atoms with van der Waals surface area (Å²) in [4.78, 5) is 13.1. The minimum absolute atomic E-state index is 0.0139. The Balaban J connectivity index is 1.30. The van der Waals surface area contributed by atoms with Crippen molar-refractivity contribution in [2.45, 2.75) is 18.9 Å². The highest BCUT2D eigenvalue weighted by Gasteiger charge is 2.28. The van der Waals surface area contributed by atoms with Crippen molar-refractivity contribution in [3.63, 3.8) is 0 Å². The van der Waals surface area contributed by atoms with E-state index in [1.807, 2.05) is 18.2 Å². The SMILES string of the molecule is COc1cccc(OC)c1CNC(=O)c1cc([C@@H]2CCNC[C@H]2COc2ccc3[nH]ncc3c2)ccc1F. The number of carbonyl (C=O) groups is 1. The summed E-state index contributed by atoms with van der Waals surface area (Å²) in [5, 5.41) is 14.2. The number of nitrogens with zero attached hydrogens (tertiary/aromatic N) is 1. The summed E-state index contributed by atoms with van der Waals surface area (Å²) in [6.07, 6.45) is 2.63. The second-order valence-corrected chi connectivity index (χ2v) is 9.35. The Hall–Kier alpha value is -4.11. The van der Waals surface area contributed by atoms with Gasteiger partial charge in [-0.3, -0.25) is 9.89 Å². The van der Waals surface area contributed by atoms with Gasteiger partial charge in [-0.1, -0.05) is 12.1 Å². The van der Waals surface area contributed by atoms with Gasteiger partial charge in [0.05, 0.1) is 50.2 Å². The van der Waals surface area contributed by atoms with E-state index in [4.69, 9.17) is 14.2 Å². The number of piperidine rings is 1. The van der Waals surface area contributed by atoms with Crippen LogP contribution in [-0.2, 0) is 6.54 Å². The van der Waals surface area contributed by atoms with Crippen molar-refractivity contribution in [3.8, 4) is 17.2 Å². The molecular formula is C29H31FN4O4. The van der Waals surface area contributed by atoms with E-state index in [9.17, 15) is 9.18 Å². The minimum Gasteiger partial charge on any atom is -0.496 e. The Kier molecular flexibility index (Phi) is 7.74. The number of nitrogens with one attached hydrogen (secondary N) is 3. The summed E-state index contributed by atoms with van der Waals surface area (Å²) >= 11 is 0. The molecule has 8 nitrogen and oxygen atoms in total. The number of H-pyrrole nitrogens is 1. The van der Waals surface area contributed by atoms with Gasteiger partial charge in [-0.05, 0) is 66.9 Å². The van der Waals surface area contributed by atoms with Crippen molar-refractivity contribution in [1.29, 1.82) is 0 Å². The fraction of sp³-hybridized carbons (Fsp3) is 0.310. The molecular weight excluding hydrogens is 487 g/mol. The van der Waals surface area contributed by atoms with E-state index < -0.39 is 11.7 Å². The second-order valence-electron chi connectivity index (χ2n) is 9.35. The molecule has 1 saturated heterocycles. The van der Waals surface area contributed by atoms with Crippen LogP contribution in [-0.4, -0.2) is 50.0 Å². The van der Waals surface area contributed by atoms with Gasteiger partial charge in [-0.25, -0.2) is 4.39 Å². The van der Waals surface area contributed by atoms with Crippen molar-refractivity contribution >= 4 is 16.8 Å². The molecule has 0 radical (unpaired) electrons. The molecule has 0 unspecified atom stereocenters. The highest BCUT2D eigenvalue weighted by molar-refractivity contribution is 5.94. The topological polar surface area (TPSA) is 97.5 Å². The number of halogens is 1. The Morgan fingerprint density at radius 2 is 1.92 bits per heavy atom. The summed E-state index contributed by atoms with van der Waals surface area (Å²) in [5.41, 5.74) is 2.58. The van der Waals surface area contributed by atoms with Crippen LogP contribution < -0.4 is 24.8 Å². The number of benzene rings is 3. The van der Waals surface area contributed by atoms with Crippen molar-refractivity contribution in [2.75, 3.05) is 33.9 Å². The van der Waals surface area contributed by atoms with E-state index in [0.29, 0.717) is 23.7 Å². The number of hydrogen-bond donors (Lipinski definition) is 3. The van der Waals surface area contributed by atoms with Gasteiger partial charge < -0.3 is 24.8 Å². The van der Waals surface area contributed by atoms with Crippen LogP contribution in [0.2, 0.25) is 0 Å². The van der Waals surface area contributed by atoms with Crippen LogP contribution in [0.5, 0.6) is 17.2 Å². The van der Waals surface area contributed by atoms with Crippen molar-refractivity contribution in [1.82, 2.24) is 20.8 Å². The van der Waals surface area contributed by atoms with Crippen LogP contribution in [0.25, 0.3) is 10.9 Å². The summed E-state index contributed by atoms with van der Waals surface area (Å²) in [5.74, 6) is 1.17. The first kappa shape index (κ1) is 25.5. The fourth-order valence-electron chi connectivity index (χ4n) is 5.06. The number of rotatable bonds is 9. The number of carbonyl (C=O) groups excluding carboxylic acids is 1. The lowest BCUT2D eigenvalue weighted by Crippen LogP contribution is -2.38. The predicted molar refractivity (Wildman–Crippen MR) is 142 cm³/mol. The van der Waals surface area contributed by atoms with Gasteiger partial charge in [0.2, 0.25) is 0 Å². The average molecular weight is 519 g/mol. The predicted octanol–water partition coefficient (Wildman–Crippen LogP) is 4.42. The second kappa shape index (κ2) is 11.5. The van der Waals surface area contributed by atoms with Crippen LogP contribution in [0.15, 0.2) is 60.8 Å². The lowest BCUT2D eigenvalue weighted by Gasteiger charge is -2.32. The monoisotopic (exact) mass is 518 g/mol. The van der Waals surface area contributed by atoms with E-state index in [1.54, 1.807) is 50.7 Å². The molecule has 1 aliphatic heterocycles. The fourth-order valence-corrected chi connectivity index (χ4v) is 5.06. The van der Waals surface area contributed by atoms with Gasteiger partial charge in [0.25, 0.3) is 5.91 Å². The Morgan fingerprint density at radius 1 is 1.11 bits per heavy atom. The lowest BCUT2D eigenvalue weighted by molar-refractivity contribution is 0.0946. The molecule has 5 rings (SSSR count). The van der Waals surface area contributed by atoms with Gasteiger partial charge in [-0.15, -0.1) is 0 Å². The number of aromatic amines is 1. The summed E-state index contributed by atoms with van der Waals surface area (Å²) in [7, 11) is 3.11. The molecule has 1 aliphatic rings. The molecule has 2 atom stereocenters. The summed E-state index contributed by atoms with van der Waals surface area (Å²) in [6, 6.07) is 16.0. The van der Waals surface area contributed by atoms with Crippen LogP contribution in [0.3, 0.4) is 0 Å². The molecule has 1 fully saturated rings. The van der Waals surface area contributed by atoms with Crippen LogP contribution >= 0.6 is 0 Å². The van der Waals surface area contributed by atoms with E-state index in [2.05, 4.69) is 20.8 Å². The Labute approximate surface area is 220 Å². The maximum atomic E-state index is 14.8. The standard InChI is InChI=1S/C29H31FN4O4/c1-36-27-4-3-5-28(37-2)24(27)16-32-29(35)23-13-18(6-8-25(23)30)22-10-11-31-14-20(22)17-38-21-7-9-26-19(12-21)15-33-34-26/h3-9,12-13,15,20,22,31H,10-11,14,16-17H2,1-2H3,(H,32,35)(H,33,34)/t20-,22-/m0/s1. The van der Waals surface area contributed by atoms with E-state index in [0.717, 1.165) is 41.7 Å². The third-order valence-electron chi connectivity index (χ3n) is 7.10. The average Bonchev–Trinajstić information content (AvgIpc) is 3.43. The molecule has 3 N–H and O–H groups in total. The zero-order valence-corrected chi connectivity index (χ0v) is 21.4. The normalized spacial score (nSPS) is 17.2. The summed E-state index contributed by atoms with van der Waals surface area (Å²) in [6.45, 7) is 2.24. The number of ether oxygens (including phenoxy) is 3. The van der Waals surface area contributed by atoms with Crippen LogP contribution in [0.4, 0.5) is 4.39 Å². The molecule has 0 aliphatic carbocycles. The number of amides is 1. The molecule has 38 heavy (non-hydrogen) atoms. The highest BCUT2D eigenvalue weighted by Crippen LogP contribution is 2.33. The largest absolute Gasteiger partial charge is 0.496 e. The maximum Gasteiger partial charge on any atom is 0.254 e. The first-order chi connectivity index (χ1) is 18.6. The third kappa shape index (κ3) is 5.43. The van der Waals surface area contributed by atoms with E-state index >= 15 is 0 Å². The molecule has 9 heteroatoms. The van der Waals surface area contributed by atoms with E-state index in [-0.39, 0.29) is 23.9 Å². The smallest absolute Gasteiger partial charge is 0.254 e. The highest BCUT2D eigenvalue weighted by atomic mass is 19.1. The lowest BCUT2D eigenvalue weighted by atomic mass is 9.81. The van der Waals surface area contributed by atoms with Crippen molar-refractivity contribution < 1.29 is 23.4 Å². The molecule has 3 aromatic carbocycles. The maximum absolute atomic E-state index is 14.8. The molecule has 1 aromatic heterocycles. The van der Waals surface area contributed by atoms with E-state index in [1.165, 1.54) is 6.07 Å². The van der Waals surface area contributed by atoms with Gasteiger partial charge >= 0.3 is 0 Å². The molecule has 4 aromatic rings. The zero-order valence-electron chi connectivity index (χ0n) is 21.4. The first-order valence-corrected chi connectivity index (χ1v) is 12.6. The molecule has 0 saturated carbocycles. The molecule has 1 amide bonds. The molecule has 0 spiro atoms. The minimum atomic E-state index is -0.562. The van der Waals surface area contributed by atoms with Crippen LogP contribution in [0.1, 0.15) is 33.8 Å². The van der Waals surface area contributed by atoms with Gasteiger partial charge in [0.1, 0.15) is 23.1 Å². The number of aromatic nitrogens is 2. The summed E-state index contributed by atoms with van der Waals surface area (Å²) < 4.78 is 31.8. The number of methoxy groups -OCH3 is 2. The molecule has 0 bridgehead atoms. The third-order valence-corrected chi connectivity index (χ3v) is 7.10. The molecule has 198 valence electrons.